The lowest BCUT2D eigenvalue weighted by atomic mass is 10.0. The van der Waals surface area contributed by atoms with Gasteiger partial charge in [-0.05, 0) is 47.5 Å². The molecular weight excluding hydrogens is 300 g/mol. The molecule has 1 saturated heterocycles. The van der Waals surface area contributed by atoms with Crippen LogP contribution in [0.4, 0.5) is 0 Å². The van der Waals surface area contributed by atoms with Crippen LogP contribution >= 0.6 is 0 Å². The van der Waals surface area contributed by atoms with Crippen LogP contribution in [0.2, 0.25) is 0 Å². The molecule has 0 aromatic heterocycles. The molecule has 1 fully saturated rings. The highest BCUT2D eigenvalue weighted by atomic mass is 16.7. The number of carbonyl (C=O) groups is 1. The minimum Gasteiger partial charge on any atom is -0.463 e. The molecule has 1 aliphatic rings. The molecule has 1 unspecified atom stereocenters. The molecule has 1 rings (SSSR count). The zero-order chi connectivity index (χ0) is 17.2. The molecular formula is C17H30O6. The topological polar surface area (TPSA) is 63.2 Å². The van der Waals surface area contributed by atoms with E-state index < -0.39 is 0 Å². The highest BCUT2D eigenvalue weighted by Crippen LogP contribution is 2.22. The predicted octanol–water partition coefficient (Wildman–Crippen LogP) is 2.81. The molecule has 6 nitrogen and oxygen atoms in total. The summed E-state index contributed by atoms with van der Waals surface area (Å²) < 4.78 is 27.5. The first-order valence-corrected chi connectivity index (χ1v) is 8.34. The quantitative estimate of drug-likeness (QED) is 0.368. The average molecular weight is 330 g/mol. The van der Waals surface area contributed by atoms with Gasteiger partial charge in [-0.2, -0.15) is 0 Å². The van der Waals surface area contributed by atoms with Crippen molar-refractivity contribution in [3.8, 4) is 0 Å². The van der Waals surface area contributed by atoms with E-state index in [2.05, 4.69) is 0 Å². The van der Waals surface area contributed by atoms with Gasteiger partial charge in [-0.3, -0.25) is 0 Å². The van der Waals surface area contributed by atoms with E-state index in [0.29, 0.717) is 19.8 Å². The van der Waals surface area contributed by atoms with E-state index in [1.807, 2.05) is 27.7 Å². The fraction of sp³-hybridized carbons (Fsp3) is 0.824. The normalized spacial score (nSPS) is 26.8. The number of esters is 1. The third-order valence-corrected chi connectivity index (χ3v) is 3.52. The second-order valence-electron chi connectivity index (χ2n) is 5.55. The predicted molar refractivity (Wildman–Crippen MR) is 85.9 cm³/mol. The molecule has 0 bridgehead atoms. The minimum absolute atomic E-state index is 0.0906. The van der Waals surface area contributed by atoms with Crippen LogP contribution in [0, 0.1) is 0 Å². The summed E-state index contributed by atoms with van der Waals surface area (Å²) in [5.41, 5.74) is 0.961. The van der Waals surface area contributed by atoms with Crippen molar-refractivity contribution in [3.63, 3.8) is 0 Å². The van der Waals surface area contributed by atoms with Gasteiger partial charge >= 0.3 is 5.97 Å². The van der Waals surface area contributed by atoms with Crippen molar-refractivity contribution in [2.24, 2.45) is 0 Å². The van der Waals surface area contributed by atoms with Gasteiger partial charge in [0.1, 0.15) is 6.10 Å². The Bertz CT molecular complexity index is 381. The Hall–Kier alpha value is -0.950. The summed E-state index contributed by atoms with van der Waals surface area (Å²) in [6.07, 6.45) is 2.19. The first kappa shape index (κ1) is 20.1. The van der Waals surface area contributed by atoms with Gasteiger partial charge in [0.25, 0.3) is 0 Å². The molecule has 4 atom stereocenters. The van der Waals surface area contributed by atoms with Crippen molar-refractivity contribution in [1.29, 1.82) is 0 Å². The summed E-state index contributed by atoms with van der Waals surface area (Å²) >= 11 is 0. The monoisotopic (exact) mass is 330 g/mol. The molecule has 0 N–H and O–H groups in total. The summed E-state index contributed by atoms with van der Waals surface area (Å²) in [5, 5.41) is 0. The van der Waals surface area contributed by atoms with Gasteiger partial charge < -0.3 is 23.7 Å². The van der Waals surface area contributed by atoms with Gasteiger partial charge in [0, 0.05) is 12.7 Å². The first-order chi connectivity index (χ1) is 11.0. The number of carbonyl (C=O) groups excluding carboxylic acids is 1. The maximum Gasteiger partial charge on any atom is 0.330 e. The molecule has 23 heavy (non-hydrogen) atoms. The lowest BCUT2D eigenvalue weighted by Crippen LogP contribution is -2.45. The third-order valence-electron chi connectivity index (χ3n) is 3.52. The van der Waals surface area contributed by atoms with Crippen molar-refractivity contribution >= 4 is 5.97 Å². The lowest BCUT2D eigenvalue weighted by Gasteiger charge is -2.36. The molecule has 0 saturated carbocycles. The Morgan fingerprint density at radius 3 is 2.74 bits per heavy atom. The Kier molecular flexibility index (Phi) is 9.40. The van der Waals surface area contributed by atoms with Crippen LogP contribution in [0.1, 0.15) is 47.5 Å². The maximum absolute atomic E-state index is 11.4. The van der Waals surface area contributed by atoms with Crippen LogP contribution in [-0.4, -0.2) is 50.6 Å². The Balaban J connectivity index is 2.53. The zero-order valence-electron chi connectivity index (χ0n) is 14.9. The summed E-state index contributed by atoms with van der Waals surface area (Å²) in [6.45, 7) is 10.8. The number of hydrogen-bond acceptors (Lipinski definition) is 6. The summed E-state index contributed by atoms with van der Waals surface area (Å²) in [7, 11) is 0. The second-order valence-corrected chi connectivity index (χ2v) is 5.55. The highest BCUT2D eigenvalue weighted by Gasteiger charge is 2.32. The highest BCUT2D eigenvalue weighted by molar-refractivity contribution is 5.82. The third kappa shape index (κ3) is 7.92. The van der Waals surface area contributed by atoms with Gasteiger partial charge in [-0.1, -0.05) is 5.57 Å². The maximum atomic E-state index is 11.4. The van der Waals surface area contributed by atoms with E-state index in [1.54, 1.807) is 6.92 Å². The SMILES string of the molecule is CCOC(=O)/C=C(\C)CC[C@H]1O[C@@H](C)OC[C@H]1OC(C)OCC. The smallest absolute Gasteiger partial charge is 0.330 e. The van der Waals surface area contributed by atoms with E-state index in [0.717, 1.165) is 18.4 Å². The van der Waals surface area contributed by atoms with E-state index in [9.17, 15) is 4.79 Å². The fourth-order valence-corrected chi connectivity index (χ4v) is 2.44. The standard InChI is InChI=1S/C17H30O6/c1-6-19-13(4)23-16-11-21-14(5)22-15(16)9-8-12(3)10-17(18)20-7-2/h10,13-16H,6-9,11H2,1-5H3/b12-10+/t13?,14-,15+,16+/m0/s1. The van der Waals surface area contributed by atoms with Crippen molar-refractivity contribution in [3.05, 3.63) is 11.6 Å². The largest absolute Gasteiger partial charge is 0.463 e. The van der Waals surface area contributed by atoms with Crippen LogP contribution < -0.4 is 0 Å². The molecule has 1 heterocycles. The van der Waals surface area contributed by atoms with Gasteiger partial charge in [0.05, 0.1) is 19.3 Å². The van der Waals surface area contributed by atoms with Gasteiger partial charge in [-0.25, -0.2) is 4.79 Å². The Morgan fingerprint density at radius 2 is 2.09 bits per heavy atom. The van der Waals surface area contributed by atoms with Crippen LogP contribution in [-0.2, 0) is 28.5 Å². The van der Waals surface area contributed by atoms with Gasteiger partial charge in [0.2, 0.25) is 0 Å². The molecule has 0 aromatic rings. The van der Waals surface area contributed by atoms with Crippen molar-refractivity contribution in [2.75, 3.05) is 19.8 Å². The van der Waals surface area contributed by atoms with Crippen molar-refractivity contribution in [2.45, 2.75) is 72.2 Å². The van der Waals surface area contributed by atoms with E-state index in [1.165, 1.54) is 6.08 Å². The summed E-state index contributed by atoms with van der Waals surface area (Å²) in [4.78, 5) is 11.4. The molecule has 0 spiro atoms. The molecule has 6 heteroatoms. The van der Waals surface area contributed by atoms with E-state index >= 15 is 0 Å². The van der Waals surface area contributed by atoms with Crippen LogP contribution in [0.25, 0.3) is 0 Å². The van der Waals surface area contributed by atoms with Crippen molar-refractivity contribution in [1.82, 2.24) is 0 Å². The first-order valence-electron chi connectivity index (χ1n) is 8.34. The van der Waals surface area contributed by atoms with Crippen LogP contribution in [0.5, 0.6) is 0 Å². The lowest BCUT2D eigenvalue weighted by molar-refractivity contribution is -0.283. The number of allylic oxidation sites excluding steroid dienone is 1. The molecule has 134 valence electrons. The van der Waals surface area contributed by atoms with E-state index in [-0.39, 0.29) is 30.8 Å². The average Bonchev–Trinajstić information content (AvgIpc) is 2.48. The zero-order valence-corrected chi connectivity index (χ0v) is 14.9. The van der Waals surface area contributed by atoms with Crippen LogP contribution in [0.15, 0.2) is 11.6 Å². The van der Waals surface area contributed by atoms with Gasteiger partial charge in [0.15, 0.2) is 12.6 Å². The number of hydrogen-bond donors (Lipinski definition) is 0. The fourth-order valence-electron chi connectivity index (χ4n) is 2.44. The van der Waals surface area contributed by atoms with Crippen molar-refractivity contribution < 1.29 is 28.5 Å². The molecule has 1 aliphatic heterocycles. The molecule has 0 aliphatic carbocycles. The summed E-state index contributed by atoms with van der Waals surface area (Å²) in [5.74, 6) is -0.302. The molecule has 0 radical (unpaired) electrons. The van der Waals surface area contributed by atoms with Gasteiger partial charge in [-0.15, -0.1) is 0 Å². The minimum atomic E-state index is -0.302. The number of ether oxygens (including phenoxy) is 5. The second kappa shape index (κ2) is 10.8. The summed E-state index contributed by atoms with van der Waals surface area (Å²) in [6, 6.07) is 0. The molecule has 0 aromatic carbocycles. The van der Waals surface area contributed by atoms with E-state index in [4.69, 9.17) is 23.7 Å². The Morgan fingerprint density at radius 1 is 1.35 bits per heavy atom. The molecule has 0 amide bonds. The van der Waals surface area contributed by atoms with Crippen LogP contribution in [0.3, 0.4) is 0 Å². The Labute approximate surface area is 139 Å². The number of rotatable bonds is 9.